The molecule has 18 heavy (non-hydrogen) atoms. The van der Waals surface area contributed by atoms with E-state index in [2.05, 4.69) is 15.9 Å². The van der Waals surface area contributed by atoms with Crippen LogP contribution in [0, 0.1) is 11.6 Å². The number of alkyl halides is 4. The normalized spacial score (nSPS) is 12.0. The molecular weight excluding hydrogens is 330 g/mol. The van der Waals surface area contributed by atoms with E-state index >= 15 is 0 Å². The predicted octanol–water partition coefficient (Wildman–Crippen LogP) is 3.74. The van der Waals surface area contributed by atoms with Crippen LogP contribution in [0.2, 0.25) is 0 Å². The van der Waals surface area contributed by atoms with Gasteiger partial charge >= 0.3 is 12.3 Å². The molecule has 0 N–H and O–H groups in total. The van der Waals surface area contributed by atoms with E-state index in [1.54, 1.807) is 0 Å². The van der Waals surface area contributed by atoms with Crippen LogP contribution in [0.4, 0.5) is 26.3 Å². The molecule has 1 aromatic rings. The van der Waals surface area contributed by atoms with E-state index in [4.69, 9.17) is 0 Å². The standard InChI is InChI=1S/C10H5BrF6O/c11-5-1-2-6(12)4(8(5)13)3-7(18)10(16,17)9(14)15/h1-2,9H,3H2. The highest BCUT2D eigenvalue weighted by molar-refractivity contribution is 9.10. The third-order valence-electron chi connectivity index (χ3n) is 2.12. The van der Waals surface area contributed by atoms with E-state index < -0.39 is 41.7 Å². The zero-order chi connectivity index (χ0) is 14.1. The summed E-state index contributed by atoms with van der Waals surface area (Å²) in [6.45, 7) is 0. The summed E-state index contributed by atoms with van der Waals surface area (Å²) in [6, 6.07) is 1.69. The Balaban J connectivity index is 3.06. The van der Waals surface area contributed by atoms with Crippen LogP contribution < -0.4 is 0 Å². The summed E-state index contributed by atoms with van der Waals surface area (Å²) in [5, 5.41) is 0. The molecule has 0 amide bonds. The molecule has 0 radical (unpaired) electrons. The molecule has 0 saturated carbocycles. The summed E-state index contributed by atoms with van der Waals surface area (Å²) in [5.74, 6) is -9.70. The van der Waals surface area contributed by atoms with E-state index in [1.165, 1.54) is 0 Å². The molecule has 0 heterocycles. The van der Waals surface area contributed by atoms with Gasteiger partial charge in [0.2, 0.25) is 5.78 Å². The van der Waals surface area contributed by atoms with Crippen molar-refractivity contribution >= 4 is 21.7 Å². The van der Waals surface area contributed by atoms with Gasteiger partial charge in [0.25, 0.3) is 0 Å². The van der Waals surface area contributed by atoms with Crippen LogP contribution in [0.15, 0.2) is 16.6 Å². The number of Topliss-reactive ketones (excluding diaryl/α,β-unsaturated/α-hetero) is 1. The van der Waals surface area contributed by atoms with E-state index in [0.29, 0.717) is 0 Å². The van der Waals surface area contributed by atoms with Crippen molar-refractivity contribution in [2.45, 2.75) is 18.8 Å². The minimum atomic E-state index is -4.93. The Morgan fingerprint density at radius 3 is 2.33 bits per heavy atom. The smallest absolute Gasteiger partial charge is 0.292 e. The number of halogens is 7. The molecule has 0 saturated heterocycles. The lowest BCUT2D eigenvalue weighted by Gasteiger charge is -2.14. The Morgan fingerprint density at radius 2 is 1.83 bits per heavy atom. The molecule has 1 rings (SSSR count). The molecule has 0 aliphatic carbocycles. The molecule has 8 heteroatoms. The third-order valence-corrected chi connectivity index (χ3v) is 2.73. The number of rotatable bonds is 4. The van der Waals surface area contributed by atoms with Crippen molar-refractivity contribution in [1.29, 1.82) is 0 Å². The lowest BCUT2D eigenvalue weighted by atomic mass is 10.0. The largest absolute Gasteiger partial charge is 0.364 e. The van der Waals surface area contributed by atoms with Gasteiger partial charge in [0.05, 0.1) is 4.47 Å². The molecule has 0 spiro atoms. The third kappa shape index (κ3) is 2.85. The summed E-state index contributed by atoms with van der Waals surface area (Å²) < 4.78 is 75.2. The Labute approximate surface area is 106 Å². The number of carbonyl (C=O) groups is 1. The van der Waals surface area contributed by atoms with E-state index in [0.717, 1.165) is 12.1 Å². The van der Waals surface area contributed by atoms with Crippen molar-refractivity contribution in [3.05, 3.63) is 33.8 Å². The average Bonchev–Trinajstić information content (AvgIpc) is 2.29. The Hall–Kier alpha value is -1.05. The van der Waals surface area contributed by atoms with Gasteiger partial charge in [0, 0.05) is 12.0 Å². The van der Waals surface area contributed by atoms with Crippen molar-refractivity contribution in [3.63, 3.8) is 0 Å². The quantitative estimate of drug-likeness (QED) is 0.605. The molecule has 1 nitrogen and oxygen atoms in total. The maximum Gasteiger partial charge on any atom is 0.364 e. The monoisotopic (exact) mass is 334 g/mol. The van der Waals surface area contributed by atoms with Crippen LogP contribution in [0.3, 0.4) is 0 Å². The van der Waals surface area contributed by atoms with E-state index in [9.17, 15) is 31.1 Å². The highest BCUT2D eigenvalue weighted by Gasteiger charge is 2.48. The van der Waals surface area contributed by atoms with Crippen LogP contribution in [0.25, 0.3) is 0 Å². The summed E-state index contributed by atoms with van der Waals surface area (Å²) >= 11 is 2.66. The number of hydrogen-bond donors (Lipinski definition) is 0. The molecule has 1 aromatic carbocycles. The van der Waals surface area contributed by atoms with Gasteiger partial charge in [-0.25, -0.2) is 17.6 Å². The second-order valence-corrected chi connectivity index (χ2v) is 4.20. The van der Waals surface area contributed by atoms with E-state index in [-0.39, 0.29) is 4.47 Å². The first-order chi connectivity index (χ1) is 8.17. The first-order valence-corrected chi connectivity index (χ1v) is 5.28. The Bertz CT molecular complexity index is 474. The van der Waals surface area contributed by atoms with Crippen LogP contribution in [-0.2, 0) is 11.2 Å². The van der Waals surface area contributed by atoms with Crippen molar-refractivity contribution < 1.29 is 31.1 Å². The van der Waals surface area contributed by atoms with Crippen LogP contribution in [-0.4, -0.2) is 18.1 Å². The molecular formula is C10H5BrF6O. The Kier molecular flexibility index (Phi) is 4.41. The maximum atomic E-state index is 13.3. The Morgan fingerprint density at radius 1 is 1.28 bits per heavy atom. The minimum Gasteiger partial charge on any atom is -0.292 e. The van der Waals surface area contributed by atoms with Crippen LogP contribution >= 0.6 is 15.9 Å². The molecule has 0 aliphatic rings. The molecule has 0 unspecified atom stereocenters. The van der Waals surface area contributed by atoms with Gasteiger partial charge in [0.1, 0.15) is 11.6 Å². The lowest BCUT2D eigenvalue weighted by Crippen LogP contribution is -2.38. The number of hydrogen-bond acceptors (Lipinski definition) is 1. The molecule has 0 bridgehead atoms. The molecule has 0 aromatic heterocycles. The highest BCUT2D eigenvalue weighted by atomic mass is 79.9. The molecule has 100 valence electrons. The van der Waals surface area contributed by atoms with Crippen molar-refractivity contribution in [2.24, 2.45) is 0 Å². The SMILES string of the molecule is O=C(Cc1c(F)ccc(Br)c1F)C(F)(F)C(F)F. The summed E-state index contributed by atoms with van der Waals surface area (Å²) in [6.07, 6.45) is -5.67. The van der Waals surface area contributed by atoms with Crippen molar-refractivity contribution in [2.75, 3.05) is 0 Å². The minimum absolute atomic E-state index is 0.257. The van der Waals surface area contributed by atoms with Gasteiger partial charge in [-0.05, 0) is 28.1 Å². The fourth-order valence-corrected chi connectivity index (χ4v) is 1.50. The molecule has 0 atom stereocenters. The topological polar surface area (TPSA) is 17.1 Å². The second-order valence-electron chi connectivity index (χ2n) is 3.35. The van der Waals surface area contributed by atoms with Crippen LogP contribution in [0.1, 0.15) is 5.56 Å². The lowest BCUT2D eigenvalue weighted by molar-refractivity contribution is -0.166. The highest BCUT2D eigenvalue weighted by Crippen LogP contribution is 2.28. The first-order valence-electron chi connectivity index (χ1n) is 4.49. The van der Waals surface area contributed by atoms with Gasteiger partial charge in [-0.15, -0.1) is 0 Å². The van der Waals surface area contributed by atoms with E-state index in [1.807, 2.05) is 0 Å². The zero-order valence-corrected chi connectivity index (χ0v) is 10.1. The van der Waals surface area contributed by atoms with Gasteiger partial charge in [-0.3, -0.25) is 4.79 Å². The predicted molar refractivity (Wildman–Crippen MR) is 53.7 cm³/mol. The zero-order valence-electron chi connectivity index (χ0n) is 8.49. The molecule has 0 aliphatic heterocycles. The second kappa shape index (κ2) is 5.29. The average molecular weight is 335 g/mol. The number of ketones is 1. The van der Waals surface area contributed by atoms with Gasteiger partial charge < -0.3 is 0 Å². The van der Waals surface area contributed by atoms with Gasteiger partial charge in [-0.1, -0.05) is 0 Å². The summed E-state index contributed by atoms with van der Waals surface area (Å²) in [4.78, 5) is 10.9. The van der Waals surface area contributed by atoms with Crippen molar-refractivity contribution in [3.8, 4) is 0 Å². The first kappa shape index (κ1) is 15.0. The fourth-order valence-electron chi connectivity index (χ4n) is 1.13. The fraction of sp³-hybridized carbons (Fsp3) is 0.300. The molecule has 0 fully saturated rings. The van der Waals surface area contributed by atoms with Crippen LogP contribution in [0.5, 0.6) is 0 Å². The number of carbonyl (C=O) groups excluding carboxylic acids is 1. The van der Waals surface area contributed by atoms with Crippen molar-refractivity contribution in [1.82, 2.24) is 0 Å². The number of benzene rings is 1. The van der Waals surface area contributed by atoms with Gasteiger partial charge in [0.15, 0.2) is 0 Å². The summed E-state index contributed by atoms with van der Waals surface area (Å²) in [7, 11) is 0. The maximum absolute atomic E-state index is 13.3. The summed E-state index contributed by atoms with van der Waals surface area (Å²) in [5.41, 5.74) is -0.977. The van der Waals surface area contributed by atoms with Gasteiger partial charge in [-0.2, -0.15) is 8.78 Å².